The summed E-state index contributed by atoms with van der Waals surface area (Å²) in [5.41, 5.74) is 1.35. The Labute approximate surface area is 157 Å². The molecule has 0 aliphatic carbocycles. The first kappa shape index (κ1) is 22.1. The molecule has 1 rings (SSSR count). The highest BCUT2D eigenvalue weighted by molar-refractivity contribution is 5.25. The predicted molar refractivity (Wildman–Crippen MR) is 111 cm³/mol. The van der Waals surface area contributed by atoms with Crippen molar-refractivity contribution in [3.05, 3.63) is 29.8 Å². The van der Waals surface area contributed by atoms with Gasteiger partial charge in [-0.05, 0) is 30.5 Å². The molecule has 0 heterocycles. The fourth-order valence-corrected chi connectivity index (χ4v) is 3.54. The second-order valence-corrected chi connectivity index (χ2v) is 7.72. The van der Waals surface area contributed by atoms with Crippen molar-refractivity contribution < 1.29 is 5.11 Å². The van der Waals surface area contributed by atoms with Gasteiger partial charge in [-0.15, -0.1) is 0 Å². The van der Waals surface area contributed by atoms with Crippen LogP contribution in [0.15, 0.2) is 24.3 Å². The fraction of sp³-hybridized carbons (Fsp3) is 0.750. The molecule has 0 spiro atoms. The lowest BCUT2D eigenvalue weighted by Crippen LogP contribution is -1.86. The third-order valence-corrected chi connectivity index (χ3v) is 5.26. The molecule has 0 aromatic heterocycles. The lowest BCUT2D eigenvalue weighted by Gasteiger charge is -2.04. The van der Waals surface area contributed by atoms with Crippen LogP contribution in [0, 0.1) is 0 Å². The zero-order valence-electron chi connectivity index (χ0n) is 16.8. The van der Waals surface area contributed by atoms with E-state index in [9.17, 15) is 5.11 Å². The second-order valence-electron chi connectivity index (χ2n) is 7.72. The van der Waals surface area contributed by atoms with Gasteiger partial charge < -0.3 is 5.11 Å². The van der Waals surface area contributed by atoms with Crippen molar-refractivity contribution in [3.8, 4) is 5.75 Å². The van der Waals surface area contributed by atoms with Gasteiger partial charge in [0.25, 0.3) is 0 Å². The van der Waals surface area contributed by atoms with Gasteiger partial charge in [0.1, 0.15) is 5.75 Å². The molecule has 0 radical (unpaired) electrons. The Bertz CT molecular complexity index is 382. The van der Waals surface area contributed by atoms with Crippen LogP contribution in [0.2, 0.25) is 0 Å². The highest BCUT2D eigenvalue weighted by atomic mass is 16.3. The van der Waals surface area contributed by atoms with E-state index in [1.54, 1.807) is 12.1 Å². The Morgan fingerprint density at radius 2 is 0.880 bits per heavy atom. The molecule has 1 N–H and O–H groups in total. The molecule has 0 unspecified atom stereocenters. The maximum atomic E-state index is 9.27. The first-order valence-corrected chi connectivity index (χ1v) is 11.1. The van der Waals surface area contributed by atoms with Gasteiger partial charge in [0.05, 0.1) is 0 Å². The SMILES string of the molecule is CCCCCCCCCCCCCCCCCCc1ccc(O)cc1. The van der Waals surface area contributed by atoms with Crippen molar-refractivity contribution >= 4 is 0 Å². The number of hydrogen-bond donors (Lipinski definition) is 1. The first-order valence-electron chi connectivity index (χ1n) is 11.1. The van der Waals surface area contributed by atoms with Gasteiger partial charge in [-0.3, -0.25) is 0 Å². The van der Waals surface area contributed by atoms with E-state index in [1.807, 2.05) is 12.1 Å². The van der Waals surface area contributed by atoms with Crippen molar-refractivity contribution in [3.63, 3.8) is 0 Å². The molecule has 0 aliphatic rings. The zero-order valence-corrected chi connectivity index (χ0v) is 16.8. The van der Waals surface area contributed by atoms with Crippen molar-refractivity contribution in [2.75, 3.05) is 0 Å². The minimum absolute atomic E-state index is 0.371. The lowest BCUT2D eigenvalue weighted by atomic mass is 10.0. The second kappa shape index (κ2) is 16.5. The zero-order chi connectivity index (χ0) is 18.0. The van der Waals surface area contributed by atoms with E-state index in [0.29, 0.717) is 5.75 Å². The molecule has 0 fully saturated rings. The Kier molecular flexibility index (Phi) is 14.5. The van der Waals surface area contributed by atoms with Crippen LogP contribution in [-0.4, -0.2) is 5.11 Å². The summed E-state index contributed by atoms with van der Waals surface area (Å²) in [6.07, 6.45) is 23.9. The number of benzene rings is 1. The summed E-state index contributed by atoms with van der Waals surface area (Å²) in [5, 5.41) is 9.27. The summed E-state index contributed by atoms with van der Waals surface area (Å²) in [6, 6.07) is 7.67. The quantitative estimate of drug-likeness (QED) is 0.282. The van der Waals surface area contributed by atoms with Crippen LogP contribution < -0.4 is 0 Å². The van der Waals surface area contributed by atoms with Gasteiger partial charge in [-0.1, -0.05) is 115 Å². The van der Waals surface area contributed by atoms with E-state index in [2.05, 4.69) is 6.92 Å². The molecule has 0 aliphatic heterocycles. The minimum atomic E-state index is 0.371. The van der Waals surface area contributed by atoms with Gasteiger partial charge in [0, 0.05) is 0 Å². The fourth-order valence-electron chi connectivity index (χ4n) is 3.54. The largest absolute Gasteiger partial charge is 0.508 e. The molecule has 1 aromatic rings. The van der Waals surface area contributed by atoms with Crippen LogP contribution >= 0.6 is 0 Å². The number of rotatable bonds is 17. The summed E-state index contributed by atoms with van der Waals surface area (Å²) in [6.45, 7) is 2.29. The van der Waals surface area contributed by atoms with Crippen molar-refractivity contribution in [1.29, 1.82) is 0 Å². The summed E-state index contributed by atoms with van der Waals surface area (Å²) in [7, 11) is 0. The summed E-state index contributed by atoms with van der Waals surface area (Å²) in [4.78, 5) is 0. The van der Waals surface area contributed by atoms with Gasteiger partial charge in [0.2, 0.25) is 0 Å². The van der Waals surface area contributed by atoms with Crippen molar-refractivity contribution in [1.82, 2.24) is 0 Å². The average Bonchev–Trinajstić information content (AvgIpc) is 2.63. The molecule has 0 atom stereocenters. The van der Waals surface area contributed by atoms with E-state index < -0.39 is 0 Å². The Hall–Kier alpha value is -0.980. The number of phenols is 1. The van der Waals surface area contributed by atoms with Crippen molar-refractivity contribution in [2.45, 2.75) is 116 Å². The molecule has 25 heavy (non-hydrogen) atoms. The maximum absolute atomic E-state index is 9.27. The third kappa shape index (κ3) is 13.9. The standard InChI is InChI=1S/C24H42O/c1-2-3-4-5-6-7-8-9-10-11-12-13-14-15-16-17-18-23-19-21-24(25)22-20-23/h19-22,25H,2-18H2,1H3. The Morgan fingerprint density at radius 3 is 1.28 bits per heavy atom. The predicted octanol–water partition coefficient (Wildman–Crippen LogP) is 8.20. The molecule has 1 aromatic carbocycles. The van der Waals surface area contributed by atoms with Gasteiger partial charge in [0.15, 0.2) is 0 Å². The lowest BCUT2D eigenvalue weighted by molar-refractivity contribution is 0.475. The topological polar surface area (TPSA) is 20.2 Å². The molecule has 0 bridgehead atoms. The molecular formula is C24H42O. The molecule has 0 saturated heterocycles. The number of aromatic hydroxyl groups is 1. The number of phenolic OH excluding ortho intramolecular Hbond substituents is 1. The molecule has 1 nitrogen and oxygen atoms in total. The summed E-state index contributed by atoms with van der Waals surface area (Å²) in [5.74, 6) is 0.371. The monoisotopic (exact) mass is 346 g/mol. The highest BCUT2D eigenvalue weighted by Gasteiger charge is 1.96. The summed E-state index contributed by atoms with van der Waals surface area (Å²) < 4.78 is 0. The van der Waals surface area contributed by atoms with Gasteiger partial charge >= 0.3 is 0 Å². The molecule has 144 valence electrons. The van der Waals surface area contributed by atoms with Crippen LogP contribution in [0.3, 0.4) is 0 Å². The smallest absolute Gasteiger partial charge is 0.115 e. The van der Waals surface area contributed by atoms with E-state index in [4.69, 9.17) is 0 Å². The maximum Gasteiger partial charge on any atom is 0.115 e. The van der Waals surface area contributed by atoms with Crippen molar-refractivity contribution in [2.24, 2.45) is 0 Å². The third-order valence-electron chi connectivity index (χ3n) is 5.26. The average molecular weight is 347 g/mol. The van der Waals surface area contributed by atoms with Crippen LogP contribution in [0.25, 0.3) is 0 Å². The first-order chi connectivity index (χ1) is 12.3. The Balaban J connectivity index is 1.74. The number of aryl methyl sites for hydroxylation is 1. The molecule has 0 saturated carbocycles. The van der Waals surface area contributed by atoms with Crippen LogP contribution in [0.1, 0.15) is 115 Å². The van der Waals surface area contributed by atoms with E-state index in [0.717, 1.165) is 6.42 Å². The van der Waals surface area contributed by atoms with Crippen LogP contribution in [0.4, 0.5) is 0 Å². The normalized spacial score (nSPS) is 11.1. The van der Waals surface area contributed by atoms with Crippen LogP contribution in [-0.2, 0) is 6.42 Å². The minimum Gasteiger partial charge on any atom is -0.508 e. The number of hydrogen-bond acceptors (Lipinski definition) is 1. The van der Waals surface area contributed by atoms with Gasteiger partial charge in [-0.2, -0.15) is 0 Å². The highest BCUT2D eigenvalue weighted by Crippen LogP contribution is 2.15. The van der Waals surface area contributed by atoms with Crippen LogP contribution in [0.5, 0.6) is 5.75 Å². The summed E-state index contributed by atoms with van der Waals surface area (Å²) >= 11 is 0. The molecular weight excluding hydrogens is 304 g/mol. The Morgan fingerprint density at radius 1 is 0.520 bits per heavy atom. The van der Waals surface area contributed by atoms with Gasteiger partial charge in [-0.25, -0.2) is 0 Å². The van der Waals surface area contributed by atoms with E-state index in [-0.39, 0.29) is 0 Å². The molecule has 1 heteroatoms. The number of unbranched alkanes of at least 4 members (excludes halogenated alkanes) is 15. The molecule has 0 amide bonds. The van der Waals surface area contributed by atoms with E-state index >= 15 is 0 Å². The van der Waals surface area contributed by atoms with E-state index in [1.165, 1.54) is 108 Å².